The average molecular weight is 1330 g/mol. The Kier molecular flexibility index (Phi) is 27.6. The molecule has 0 aliphatic rings. The summed E-state index contributed by atoms with van der Waals surface area (Å²) in [6, 6.07) is 98.6. The maximum atomic E-state index is 7.50. The topological polar surface area (TPSA) is 59.7 Å². The monoisotopic (exact) mass is 1320 g/mol. The van der Waals surface area contributed by atoms with Crippen molar-refractivity contribution in [3.05, 3.63) is 293 Å². The van der Waals surface area contributed by atoms with Gasteiger partial charge in [-0.15, -0.1) is 0 Å². The van der Waals surface area contributed by atoms with Crippen LogP contribution in [0.5, 0.6) is 0 Å². The first-order valence-corrected chi connectivity index (χ1v) is 31.3. The first kappa shape index (κ1) is 53.7. The van der Waals surface area contributed by atoms with E-state index in [2.05, 4.69) is 293 Å². The molecule has 9 aromatic carbocycles. The molecule has 0 saturated heterocycles. The molecule has 9 aromatic rings. The van der Waals surface area contributed by atoms with Crippen LogP contribution < -0.4 is 31.6 Å². The van der Waals surface area contributed by atoms with E-state index in [-0.39, 0.29) is 21.1 Å². The summed E-state index contributed by atoms with van der Waals surface area (Å²) in [5, 5.41) is 0. The van der Waals surface area contributed by atoms with Crippen molar-refractivity contribution in [3.63, 3.8) is 0 Å². The van der Waals surface area contributed by atoms with Crippen LogP contribution in [-0.4, -0.2) is 60.6 Å². The van der Waals surface area contributed by atoms with Crippen LogP contribution in [-0.2, 0) is 35.0 Å². The summed E-state index contributed by atoms with van der Waals surface area (Å²) in [6.07, 6.45) is 0. The Labute approximate surface area is 415 Å². The van der Waals surface area contributed by atoms with Crippen LogP contribution in [0.1, 0.15) is 0 Å². The standard InChI is InChI=1S/9C6H5.3CO.3Sb.W/c9*1-2-4-6-5-3-1;3*1-2;;;;/h9*1-5H;;;;;;;. The number of benzene rings is 9. The Balaban J connectivity index is 0.000000239. The fourth-order valence-corrected chi connectivity index (χ4v) is 26.3. The van der Waals surface area contributed by atoms with E-state index >= 15 is 0 Å². The molecule has 0 atom stereocenters. The predicted octanol–water partition coefficient (Wildman–Crippen LogP) is 6.49. The summed E-state index contributed by atoms with van der Waals surface area (Å²) in [7, 11) is 0. The van der Waals surface area contributed by atoms with Gasteiger partial charge in [-0.2, -0.15) is 0 Å². The molecule has 0 aliphatic carbocycles. The molecule has 0 aromatic heterocycles. The van der Waals surface area contributed by atoms with Crippen molar-refractivity contribution in [1.82, 2.24) is 0 Å². The molecule has 0 N–H and O–H groups in total. The van der Waals surface area contributed by atoms with Gasteiger partial charge in [-0.1, -0.05) is 0 Å². The number of rotatable bonds is 9. The molecule has 312 valence electrons. The van der Waals surface area contributed by atoms with Crippen LogP contribution in [0.15, 0.2) is 273 Å². The van der Waals surface area contributed by atoms with Gasteiger partial charge in [0.25, 0.3) is 0 Å². The van der Waals surface area contributed by atoms with Crippen LogP contribution in [0.4, 0.5) is 0 Å². The zero-order valence-electron chi connectivity index (χ0n) is 35.0. The molecule has 0 aliphatic heterocycles. The van der Waals surface area contributed by atoms with Gasteiger partial charge in [-0.25, -0.2) is 0 Å². The van der Waals surface area contributed by atoms with E-state index in [9.17, 15) is 0 Å². The second-order valence-electron chi connectivity index (χ2n) is 13.0. The van der Waals surface area contributed by atoms with E-state index in [1.165, 1.54) is 31.6 Å². The average Bonchev–Trinajstić information content (AvgIpc) is 3.39. The molecule has 0 amide bonds. The van der Waals surface area contributed by atoms with Crippen molar-refractivity contribution in [2.75, 3.05) is 0 Å². The van der Waals surface area contributed by atoms with Crippen molar-refractivity contribution >= 4 is 92.2 Å². The Hall–Kier alpha value is -4.66. The third-order valence-corrected chi connectivity index (χ3v) is 30.1. The van der Waals surface area contributed by atoms with Gasteiger partial charge in [0.05, 0.1) is 0 Å². The van der Waals surface area contributed by atoms with Crippen LogP contribution in [0.2, 0.25) is 0 Å². The molecule has 0 saturated carbocycles. The van der Waals surface area contributed by atoms with Gasteiger partial charge in [0.1, 0.15) is 0 Å². The third-order valence-electron chi connectivity index (χ3n) is 9.13. The second kappa shape index (κ2) is 32.9. The van der Waals surface area contributed by atoms with E-state index < -0.39 is 60.6 Å². The molecule has 7 heteroatoms. The van der Waals surface area contributed by atoms with Gasteiger partial charge in [-0.3, -0.25) is 0 Å². The molecule has 3 nitrogen and oxygen atoms in total. The van der Waals surface area contributed by atoms with Crippen LogP contribution in [0.25, 0.3) is 0 Å². The zero-order valence-corrected chi connectivity index (χ0v) is 45.5. The first-order valence-electron chi connectivity index (χ1n) is 19.8. The normalized spacial score (nSPS) is 9.52. The molecule has 0 bridgehead atoms. The fourth-order valence-electron chi connectivity index (χ4n) is 6.54. The Morgan fingerprint density at radius 3 is 0.328 bits per heavy atom. The molecule has 0 spiro atoms. The predicted molar refractivity (Wildman–Crippen MR) is 264 cm³/mol. The first-order chi connectivity index (χ1) is 31.3. The van der Waals surface area contributed by atoms with E-state index in [0.29, 0.717) is 0 Å². The molecule has 9 rings (SSSR count). The second-order valence-corrected chi connectivity index (χ2v) is 32.0. The van der Waals surface area contributed by atoms with E-state index in [0.717, 1.165) is 0 Å². The van der Waals surface area contributed by atoms with Gasteiger partial charge >= 0.3 is 399 Å². The molecule has 0 radical (unpaired) electrons. The number of hydrogen-bond acceptors (Lipinski definition) is 0. The molecule has 0 fully saturated rings. The van der Waals surface area contributed by atoms with Crippen molar-refractivity contribution in [2.45, 2.75) is 0 Å². The summed E-state index contributed by atoms with van der Waals surface area (Å²) in [5.41, 5.74) is 0. The maximum absolute atomic E-state index is 7.50. The number of hydrogen-bond donors (Lipinski definition) is 0. The quantitative estimate of drug-likeness (QED) is 0.0903. The Bertz CT molecular complexity index is 2010. The molecular weight excluding hydrogens is 1280 g/mol. The van der Waals surface area contributed by atoms with Crippen LogP contribution in [0, 0.1) is 20.0 Å². The van der Waals surface area contributed by atoms with Crippen molar-refractivity contribution in [1.29, 1.82) is 0 Å². The van der Waals surface area contributed by atoms with Gasteiger partial charge in [0.2, 0.25) is 0 Å². The van der Waals surface area contributed by atoms with Gasteiger partial charge in [-0.05, 0) is 0 Å². The third kappa shape index (κ3) is 17.0. The van der Waals surface area contributed by atoms with Gasteiger partial charge in [0, 0.05) is 21.1 Å². The van der Waals surface area contributed by atoms with Crippen LogP contribution in [0.3, 0.4) is 0 Å². The summed E-state index contributed by atoms with van der Waals surface area (Å²) in [4.78, 5) is 0. The van der Waals surface area contributed by atoms with E-state index in [1.54, 1.807) is 0 Å². The Morgan fingerprint density at radius 1 is 0.172 bits per heavy atom. The Morgan fingerprint density at radius 2 is 0.250 bits per heavy atom. The minimum atomic E-state index is -1.83. The molecule has 0 unspecified atom stereocenters. The summed E-state index contributed by atoms with van der Waals surface area (Å²) in [5.74, 6) is 0. The molecule has 0 heterocycles. The van der Waals surface area contributed by atoms with E-state index in [1.807, 2.05) is 0 Å². The minimum absolute atomic E-state index is 0. The fraction of sp³-hybridized carbons (Fsp3) is 0. The van der Waals surface area contributed by atoms with E-state index in [4.69, 9.17) is 14.0 Å². The van der Waals surface area contributed by atoms with Gasteiger partial charge < -0.3 is 0 Å². The van der Waals surface area contributed by atoms with Gasteiger partial charge in [0.15, 0.2) is 0 Å². The molecule has 64 heavy (non-hydrogen) atoms. The SMILES string of the molecule is [C-]#[O+].[C-]#[O+].[C-]#[O+].[W].c1cc[c]([Sb]([c]2ccccc2)[c]2ccccc2)cc1.c1cc[c]([Sb]([c]2ccccc2)[c]2ccccc2)cc1.c1cc[c]([Sb]([c]2ccccc2)[c]2ccccc2)cc1. The summed E-state index contributed by atoms with van der Waals surface area (Å²) >= 11 is -5.48. The molecular formula is C57H45O3Sb3W. The van der Waals surface area contributed by atoms with Crippen molar-refractivity contribution in [2.24, 2.45) is 0 Å². The van der Waals surface area contributed by atoms with Crippen molar-refractivity contribution < 1.29 is 35.0 Å². The summed E-state index contributed by atoms with van der Waals surface area (Å²) < 4.78 is 36.1. The zero-order chi connectivity index (χ0) is 44.7. The van der Waals surface area contributed by atoms with Crippen LogP contribution >= 0.6 is 0 Å². The van der Waals surface area contributed by atoms with Crippen molar-refractivity contribution in [3.8, 4) is 0 Å². The summed E-state index contributed by atoms with van der Waals surface area (Å²) in [6.45, 7) is 13.5.